The maximum atomic E-state index is 12.6. The van der Waals surface area contributed by atoms with Gasteiger partial charge < -0.3 is 14.7 Å². The zero-order valence-electron chi connectivity index (χ0n) is 18.4. The summed E-state index contributed by atoms with van der Waals surface area (Å²) in [5.41, 5.74) is -1.07. The number of carbonyl (C=O) groups excluding carboxylic acids is 1. The summed E-state index contributed by atoms with van der Waals surface area (Å²) in [5.74, 6) is 0. The number of benzene rings is 1. The van der Waals surface area contributed by atoms with Gasteiger partial charge >= 0.3 is 6.09 Å². The third kappa shape index (κ3) is 5.08. The van der Waals surface area contributed by atoms with Crippen LogP contribution in [0.1, 0.15) is 47.5 Å². The first-order valence-corrected chi connectivity index (χ1v) is 10.2. The van der Waals surface area contributed by atoms with Crippen LogP contribution in [-0.2, 0) is 11.3 Å². The molecule has 1 N–H and O–H groups in total. The van der Waals surface area contributed by atoms with Gasteiger partial charge in [0.25, 0.3) is 5.56 Å². The molecule has 1 amide bonds. The summed E-state index contributed by atoms with van der Waals surface area (Å²) >= 11 is 0. The SMILES string of the molecule is CC(C)(C)OC(=O)N1CC[C@](O)(Cn2cnc(-c3ccccc3)cc2=O)CC1(C)C. The molecule has 0 saturated carbocycles. The summed E-state index contributed by atoms with van der Waals surface area (Å²) < 4.78 is 6.95. The normalized spacial score (nSPS) is 21.3. The molecule has 1 aliphatic heterocycles. The number of ether oxygens (including phenoxy) is 1. The Morgan fingerprint density at radius 3 is 2.47 bits per heavy atom. The van der Waals surface area contributed by atoms with Crippen LogP contribution in [0.2, 0.25) is 0 Å². The van der Waals surface area contributed by atoms with Crippen LogP contribution in [0.15, 0.2) is 47.5 Å². The van der Waals surface area contributed by atoms with E-state index in [1.54, 1.807) is 4.90 Å². The van der Waals surface area contributed by atoms with E-state index in [0.29, 0.717) is 25.1 Å². The number of carbonyl (C=O) groups is 1. The van der Waals surface area contributed by atoms with Gasteiger partial charge in [0.15, 0.2) is 0 Å². The second-order valence-corrected chi connectivity index (χ2v) is 9.70. The molecule has 2 aromatic rings. The molecule has 30 heavy (non-hydrogen) atoms. The number of aliphatic hydroxyl groups is 1. The highest BCUT2D eigenvalue weighted by Gasteiger charge is 2.46. The Balaban J connectivity index is 1.75. The lowest BCUT2D eigenvalue weighted by molar-refractivity contribution is -0.0868. The van der Waals surface area contributed by atoms with Crippen LogP contribution in [0.4, 0.5) is 4.79 Å². The quantitative estimate of drug-likeness (QED) is 0.833. The molecule has 7 heteroatoms. The maximum absolute atomic E-state index is 12.6. The van der Waals surface area contributed by atoms with E-state index < -0.39 is 16.7 Å². The molecule has 0 spiro atoms. The molecule has 1 aromatic heterocycles. The lowest BCUT2D eigenvalue weighted by Crippen LogP contribution is -2.60. The molecular formula is C23H31N3O4. The van der Waals surface area contributed by atoms with Gasteiger partial charge in [0.05, 0.1) is 24.2 Å². The Morgan fingerprint density at radius 2 is 1.90 bits per heavy atom. The van der Waals surface area contributed by atoms with Crippen LogP contribution in [-0.4, -0.2) is 48.9 Å². The largest absolute Gasteiger partial charge is 0.444 e. The first-order valence-electron chi connectivity index (χ1n) is 10.2. The van der Waals surface area contributed by atoms with Crippen molar-refractivity contribution in [3.8, 4) is 11.3 Å². The van der Waals surface area contributed by atoms with Crippen molar-refractivity contribution in [3.05, 3.63) is 53.1 Å². The van der Waals surface area contributed by atoms with E-state index >= 15 is 0 Å². The number of hydrogen-bond donors (Lipinski definition) is 1. The van der Waals surface area contributed by atoms with E-state index in [4.69, 9.17) is 4.74 Å². The molecule has 1 aromatic carbocycles. The van der Waals surface area contributed by atoms with E-state index in [-0.39, 0.29) is 18.2 Å². The van der Waals surface area contributed by atoms with E-state index in [2.05, 4.69) is 4.98 Å². The van der Waals surface area contributed by atoms with E-state index in [9.17, 15) is 14.7 Å². The fourth-order valence-electron chi connectivity index (χ4n) is 4.03. The maximum Gasteiger partial charge on any atom is 0.410 e. The average Bonchev–Trinajstić information content (AvgIpc) is 2.61. The number of piperidine rings is 1. The standard InChI is InChI=1S/C23H31N3O4/c1-21(2,3)30-20(28)26-12-11-23(29,14-22(26,4)5)15-25-16-24-18(13-19(25)27)17-9-7-6-8-10-17/h6-10,13,16,29H,11-12,14-15H2,1-5H3/t23-/m1/s1. The van der Waals surface area contributed by atoms with Gasteiger partial charge in [-0.25, -0.2) is 9.78 Å². The predicted octanol–water partition coefficient (Wildman–Crippen LogP) is 3.45. The van der Waals surface area contributed by atoms with Crippen LogP contribution in [0, 0.1) is 0 Å². The Morgan fingerprint density at radius 1 is 1.23 bits per heavy atom. The summed E-state index contributed by atoms with van der Waals surface area (Å²) in [4.78, 5) is 31.3. The van der Waals surface area contributed by atoms with Crippen LogP contribution in [0.25, 0.3) is 11.3 Å². The predicted molar refractivity (Wildman–Crippen MR) is 115 cm³/mol. The van der Waals surface area contributed by atoms with Gasteiger partial charge in [-0.2, -0.15) is 0 Å². The third-order valence-corrected chi connectivity index (χ3v) is 5.32. The second-order valence-electron chi connectivity index (χ2n) is 9.70. The smallest absolute Gasteiger partial charge is 0.410 e. The van der Waals surface area contributed by atoms with Crippen LogP contribution in [0.5, 0.6) is 0 Å². The van der Waals surface area contributed by atoms with Crippen LogP contribution in [0.3, 0.4) is 0 Å². The summed E-state index contributed by atoms with van der Waals surface area (Å²) in [6.45, 7) is 9.77. The number of amides is 1. The lowest BCUT2D eigenvalue weighted by Gasteiger charge is -2.49. The monoisotopic (exact) mass is 413 g/mol. The Labute approximate surface area is 177 Å². The minimum atomic E-state index is -1.12. The van der Waals surface area contributed by atoms with Crippen molar-refractivity contribution in [2.24, 2.45) is 0 Å². The van der Waals surface area contributed by atoms with Crippen LogP contribution < -0.4 is 5.56 Å². The summed E-state index contributed by atoms with van der Waals surface area (Å²) in [6.07, 6.45) is 1.77. The van der Waals surface area contributed by atoms with Gasteiger partial charge in [-0.1, -0.05) is 30.3 Å². The number of likely N-dealkylation sites (tertiary alicyclic amines) is 1. The molecular weight excluding hydrogens is 382 g/mol. The molecule has 0 aliphatic carbocycles. The summed E-state index contributed by atoms with van der Waals surface area (Å²) in [6, 6.07) is 11.0. The van der Waals surface area contributed by atoms with Gasteiger partial charge in [0, 0.05) is 30.1 Å². The average molecular weight is 414 g/mol. The molecule has 0 bridgehead atoms. The van der Waals surface area contributed by atoms with Crippen molar-refractivity contribution in [2.45, 2.75) is 70.7 Å². The highest BCUT2D eigenvalue weighted by molar-refractivity contribution is 5.69. The number of rotatable bonds is 3. The molecule has 0 radical (unpaired) electrons. The van der Waals surface area contributed by atoms with Crippen molar-refractivity contribution >= 4 is 6.09 Å². The number of nitrogens with zero attached hydrogens (tertiary/aromatic N) is 3. The van der Waals surface area contributed by atoms with Gasteiger partial charge in [0.2, 0.25) is 0 Å². The van der Waals surface area contributed by atoms with Crippen LogP contribution >= 0.6 is 0 Å². The topological polar surface area (TPSA) is 84.7 Å². The lowest BCUT2D eigenvalue weighted by atomic mass is 9.79. The Hall–Kier alpha value is -2.67. The zero-order valence-corrected chi connectivity index (χ0v) is 18.4. The highest BCUT2D eigenvalue weighted by Crippen LogP contribution is 2.36. The fraction of sp³-hybridized carbons (Fsp3) is 0.522. The van der Waals surface area contributed by atoms with E-state index in [1.165, 1.54) is 17.0 Å². The zero-order chi connectivity index (χ0) is 22.2. The molecule has 7 nitrogen and oxygen atoms in total. The third-order valence-electron chi connectivity index (χ3n) is 5.32. The molecule has 2 heterocycles. The van der Waals surface area contributed by atoms with Crippen molar-refractivity contribution in [3.63, 3.8) is 0 Å². The summed E-state index contributed by atoms with van der Waals surface area (Å²) in [5, 5.41) is 11.2. The first-order chi connectivity index (χ1) is 13.9. The van der Waals surface area contributed by atoms with Crippen molar-refractivity contribution in [1.29, 1.82) is 0 Å². The van der Waals surface area contributed by atoms with E-state index in [1.807, 2.05) is 65.0 Å². The molecule has 1 fully saturated rings. The molecule has 1 saturated heterocycles. The van der Waals surface area contributed by atoms with Crippen molar-refractivity contribution in [1.82, 2.24) is 14.5 Å². The Bertz CT molecular complexity index is 962. The minimum absolute atomic E-state index is 0.124. The van der Waals surface area contributed by atoms with Gasteiger partial charge in [-0.3, -0.25) is 9.36 Å². The molecule has 3 rings (SSSR count). The van der Waals surface area contributed by atoms with Crippen molar-refractivity contribution in [2.75, 3.05) is 6.54 Å². The highest BCUT2D eigenvalue weighted by atomic mass is 16.6. The van der Waals surface area contributed by atoms with E-state index in [0.717, 1.165) is 5.56 Å². The first kappa shape index (κ1) is 22.0. The molecule has 0 unspecified atom stereocenters. The molecule has 1 aliphatic rings. The van der Waals surface area contributed by atoms with Gasteiger partial charge in [-0.15, -0.1) is 0 Å². The Kier molecular flexibility index (Phi) is 5.78. The number of aromatic nitrogens is 2. The molecule has 1 atom stereocenters. The second kappa shape index (κ2) is 7.87. The molecule has 162 valence electrons. The minimum Gasteiger partial charge on any atom is -0.444 e. The van der Waals surface area contributed by atoms with Gasteiger partial charge in [0.1, 0.15) is 5.60 Å². The number of hydrogen-bond acceptors (Lipinski definition) is 5. The fourth-order valence-corrected chi connectivity index (χ4v) is 4.03. The summed E-state index contributed by atoms with van der Waals surface area (Å²) in [7, 11) is 0. The van der Waals surface area contributed by atoms with Crippen molar-refractivity contribution < 1.29 is 14.6 Å². The van der Waals surface area contributed by atoms with Gasteiger partial charge in [-0.05, 0) is 41.0 Å².